The number of halogens is 2. The number of hydrogen-bond acceptors (Lipinski definition) is 8. The molecule has 156 valence electrons. The van der Waals surface area contributed by atoms with Crippen LogP contribution in [0.3, 0.4) is 0 Å². The highest BCUT2D eigenvalue weighted by Gasteiger charge is 2.50. The molecule has 5 rings (SSSR count). The number of aliphatic hydroxyl groups is 1. The number of fused-ring (bicyclic) bond motifs is 2. The van der Waals surface area contributed by atoms with Gasteiger partial charge in [-0.05, 0) is 25.8 Å². The third-order valence-corrected chi connectivity index (χ3v) is 6.37. The number of aliphatic hydroxyl groups excluding tert-OH is 1. The Hall–Kier alpha value is -1.81. The van der Waals surface area contributed by atoms with E-state index in [-0.39, 0.29) is 23.3 Å². The van der Waals surface area contributed by atoms with Gasteiger partial charge in [-0.15, -0.1) is 0 Å². The lowest BCUT2D eigenvalue weighted by Gasteiger charge is -2.25. The Balaban J connectivity index is 1.47. The van der Waals surface area contributed by atoms with Crippen molar-refractivity contribution in [2.24, 2.45) is 5.92 Å². The van der Waals surface area contributed by atoms with Crippen LogP contribution >= 0.6 is 11.6 Å². The monoisotopic (exact) mass is 423 g/mol. The first-order valence-electron chi connectivity index (χ1n) is 9.88. The van der Waals surface area contributed by atoms with Gasteiger partial charge in [-0.2, -0.15) is 9.97 Å². The fourth-order valence-electron chi connectivity index (χ4n) is 4.42. The molecule has 3 fully saturated rings. The first-order chi connectivity index (χ1) is 14.0. The van der Waals surface area contributed by atoms with Gasteiger partial charge in [0, 0.05) is 31.4 Å². The number of piperidine rings is 1. The van der Waals surface area contributed by atoms with Crippen LogP contribution in [-0.2, 0) is 4.74 Å². The van der Waals surface area contributed by atoms with E-state index in [1.54, 1.807) is 0 Å². The maximum atomic E-state index is 14.7. The van der Waals surface area contributed by atoms with Gasteiger partial charge in [-0.1, -0.05) is 11.6 Å². The lowest BCUT2D eigenvalue weighted by Crippen LogP contribution is -2.35. The Bertz CT molecular complexity index is 934. The Morgan fingerprint density at radius 3 is 3.03 bits per heavy atom. The summed E-state index contributed by atoms with van der Waals surface area (Å²) in [6, 6.07) is 1.07. The number of hydrogen-bond donors (Lipinski definition) is 1. The average molecular weight is 424 g/mol. The lowest BCUT2D eigenvalue weighted by molar-refractivity contribution is 0.0597. The molecule has 8 nitrogen and oxygen atoms in total. The van der Waals surface area contributed by atoms with Crippen molar-refractivity contribution in [2.45, 2.75) is 31.0 Å². The molecule has 2 aliphatic heterocycles. The van der Waals surface area contributed by atoms with Crippen molar-refractivity contribution in [3.63, 3.8) is 0 Å². The minimum absolute atomic E-state index is 0.0623. The van der Waals surface area contributed by atoms with Crippen LogP contribution in [0.15, 0.2) is 6.20 Å². The number of pyridine rings is 1. The topological polar surface area (TPSA) is 83.8 Å². The first-order valence-corrected chi connectivity index (χ1v) is 10.3. The van der Waals surface area contributed by atoms with E-state index in [0.29, 0.717) is 49.6 Å². The smallest absolute Gasteiger partial charge is 0.319 e. The Morgan fingerprint density at radius 1 is 1.38 bits per heavy atom. The third-order valence-electron chi connectivity index (χ3n) is 6.11. The Kier molecular flexibility index (Phi) is 4.93. The summed E-state index contributed by atoms with van der Waals surface area (Å²) in [6.45, 7) is 1.93. The van der Waals surface area contributed by atoms with Crippen LogP contribution in [0.4, 0.5) is 10.2 Å². The van der Waals surface area contributed by atoms with Gasteiger partial charge in [0.15, 0.2) is 11.0 Å². The number of nitrogens with zero attached hydrogens (tertiary/aromatic N) is 5. The maximum Gasteiger partial charge on any atom is 0.319 e. The second-order valence-corrected chi connectivity index (χ2v) is 8.42. The van der Waals surface area contributed by atoms with Crippen LogP contribution in [-0.4, -0.2) is 83.1 Å². The van der Waals surface area contributed by atoms with Crippen molar-refractivity contribution in [2.75, 3.05) is 44.9 Å². The summed E-state index contributed by atoms with van der Waals surface area (Å²) in [6.07, 6.45) is 3.15. The summed E-state index contributed by atoms with van der Waals surface area (Å²) in [5.74, 6) is 0.520. The molecule has 0 amide bonds. The second kappa shape index (κ2) is 7.46. The summed E-state index contributed by atoms with van der Waals surface area (Å²) in [5.41, 5.74) is 0.0623. The van der Waals surface area contributed by atoms with Gasteiger partial charge in [-0.25, -0.2) is 9.37 Å². The van der Waals surface area contributed by atoms with Gasteiger partial charge >= 0.3 is 6.01 Å². The average Bonchev–Trinajstić information content (AvgIpc) is 3.45. The van der Waals surface area contributed by atoms with Crippen LogP contribution in [0.2, 0.25) is 5.15 Å². The molecular formula is C19H23ClFN5O3. The Labute approximate surface area is 172 Å². The van der Waals surface area contributed by atoms with Crippen LogP contribution < -0.4 is 9.64 Å². The standard InChI is InChI=1S/C19H23ClFN5O3/c1-25-11(4-10-5-14(10)25)8-29-19-23-16-13(6-22-17(20)15(16)21)18(24-19)26-2-3-28-9-12(27)7-26/h6,10-12,14,27H,2-5,7-9H2,1H3/t10-,11-,12-,14+/m0/s1. The van der Waals surface area contributed by atoms with Crippen molar-refractivity contribution in [1.29, 1.82) is 0 Å². The molecule has 10 heteroatoms. The van der Waals surface area contributed by atoms with E-state index in [1.807, 2.05) is 4.90 Å². The highest BCUT2D eigenvalue weighted by molar-refractivity contribution is 6.30. The van der Waals surface area contributed by atoms with E-state index in [2.05, 4.69) is 26.9 Å². The molecule has 2 aromatic rings. The summed E-state index contributed by atoms with van der Waals surface area (Å²) >= 11 is 5.88. The van der Waals surface area contributed by atoms with E-state index in [0.717, 1.165) is 12.3 Å². The first kappa shape index (κ1) is 19.2. The predicted molar refractivity (Wildman–Crippen MR) is 105 cm³/mol. The molecule has 4 atom stereocenters. The van der Waals surface area contributed by atoms with E-state index in [4.69, 9.17) is 21.1 Å². The highest BCUT2D eigenvalue weighted by atomic mass is 35.5. The van der Waals surface area contributed by atoms with Crippen molar-refractivity contribution in [1.82, 2.24) is 19.9 Å². The maximum absolute atomic E-state index is 14.7. The number of likely N-dealkylation sites (N-methyl/N-ethyl adjacent to an activating group) is 1. The number of rotatable bonds is 4. The largest absolute Gasteiger partial charge is 0.462 e. The molecular weight excluding hydrogens is 401 g/mol. The summed E-state index contributed by atoms with van der Waals surface area (Å²) in [4.78, 5) is 16.9. The molecule has 2 saturated heterocycles. The van der Waals surface area contributed by atoms with Crippen LogP contribution in [0.5, 0.6) is 6.01 Å². The van der Waals surface area contributed by atoms with Gasteiger partial charge in [0.2, 0.25) is 0 Å². The molecule has 29 heavy (non-hydrogen) atoms. The van der Waals surface area contributed by atoms with Crippen LogP contribution in [0.1, 0.15) is 12.8 Å². The third kappa shape index (κ3) is 3.61. The van der Waals surface area contributed by atoms with E-state index < -0.39 is 11.9 Å². The Morgan fingerprint density at radius 2 is 2.24 bits per heavy atom. The molecule has 3 aliphatic rings. The summed E-state index contributed by atoms with van der Waals surface area (Å²) in [7, 11) is 2.11. The molecule has 0 unspecified atom stereocenters. The van der Waals surface area contributed by atoms with Gasteiger partial charge < -0.3 is 19.5 Å². The predicted octanol–water partition coefficient (Wildman–Crippen LogP) is 1.49. The van der Waals surface area contributed by atoms with E-state index in [1.165, 1.54) is 12.6 Å². The number of likely N-dealkylation sites (tertiary alicyclic amines) is 1. The van der Waals surface area contributed by atoms with Crippen molar-refractivity contribution < 1.29 is 19.0 Å². The van der Waals surface area contributed by atoms with Crippen molar-refractivity contribution >= 4 is 28.3 Å². The molecule has 4 heterocycles. The number of ether oxygens (including phenoxy) is 2. The van der Waals surface area contributed by atoms with Gasteiger partial charge in [-0.3, -0.25) is 4.90 Å². The summed E-state index contributed by atoms with van der Waals surface area (Å²) < 4.78 is 26.0. The van der Waals surface area contributed by atoms with Crippen molar-refractivity contribution in [3.8, 4) is 6.01 Å². The van der Waals surface area contributed by atoms with Crippen LogP contribution in [0.25, 0.3) is 10.9 Å². The lowest BCUT2D eigenvalue weighted by atomic mass is 10.2. The zero-order valence-corrected chi connectivity index (χ0v) is 16.8. The van der Waals surface area contributed by atoms with Crippen molar-refractivity contribution in [3.05, 3.63) is 17.2 Å². The van der Waals surface area contributed by atoms with E-state index >= 15 is 0 Å². The minimum Gasteiger partial charge on any atom is -0.462 e. The fraction of sp³-hybridized carbons (Fsp3) is 0.632. The van der Waals surface area contributed by atoms with Gasteiger partial charge in [0.05, 0.1) is 24.7 Å². The zero-order chi connectivity index (χ0) is 20.1. The quantitative estimate of drug-likeness (QED) is 0.740. The molecule has 0 spiro atoms. The second-order valence-electron chi connectivity index (χ2n) is 8.06. The van der Waals surface area contributed by atoms with Gasteiger partial charge in [0.25, 0.3) is 0 Å². The molecule has 1 aliphatic carbocycles. The number of β-amino-alcohol motifs (C(OH)–C–C–N with tert-alkyl or cyclic N) is 1. The molecule has 1 N–H and O–H groups in total. The SMILES string of the molecule is CN1[C@H](COc2nc(N3CCOC[C@@H](O)C3)c3cnc(Cl)c(F)c3n2)C[C@H]2C[C@H]21. The molecule has 0 bridgehead atoms. The molecule has 0 aromatic carbocycles. The zero-order valence-electron chi connectivity index (χ0n) is 16.1. The molecule has 0 radical (unpaired) electrons. The number of anilines is 1. The fourth-order valence-corrected chi connectivity index (χ4v) is 4.55. The van der Waals surface area contributed by atoms with E-state index in [9.17, 15) is 9.50 Å². The van der Waals surface area contributed by atoms with Gasteiger partial charge in [0.1, 0.15) is 17.9 Å². The molecule has 2 aromatic heterocycles. The highest BCUT2D eigenvalue weighted by Crippen LogP contribution is 2.46. The molecule has 1 saturated carbocycles. The number of aromatic nitrogens is 3. The normalized spacial score (nSPS) is 29.7. The minimum atomic E-state index is -0.705. The van der Waals surface area contributed by atoms with Crippen LogP contribution in [0, 0.1) is 11.7 Å². The summed E-state index contributed by atoms with van der Waals surface area (Å²) in [5, 5.41) is 10.3.